The van der Waals surface area contributed by atoms with Crippen LogP contribution in [-0.4, -0.2) is 0 Å². The molecule has 0 N–H and O–H groups in total. The van der Waals surface area contributed by atoms with Crippen LogP contribution in [0.15, 0.2) is 36.5 Å². The zero-order chi connectivity index (χ0) is 7.40. The Bertz CT molecular complexity index is 172. The van der Waals surface area contributed by atoms with Gasteiger partial charge in [0.15, 0.2) is 0 Å². The summed E-state index contributed by atoms with van der Waals surface area (Å²) in [7, 11) is 0. The molecule has 0 bridgehead atoms. The summed E-state index contributed by atoms with van der Waals surface area (Å²) in [4.78, 5) is 0. The highest BCUT2D eigenvalue weighted by Crippen LogP contribution is 2.16. The molecule has 0 amide bonds. The third-order valence-corrected chi connectivity index (χ3v) is 1.88. The van der Waals surface area contributed by atoms with Gasteiger partial charge in [-0.05, 0) is 25.7 Å². The molecule has 0 spiro atoms. The van der Waals surface area contributed by atoms with Crippen LogP contribution in [0.4, 0.5) is 0 Å². The van der Waals surface area contributed by atoms with Gasteiger partial charge in [-0.15, -0.1) is 6.58 Å². The predicted octanol–water partition coefficient (Wildman–Crippen LogP) is 3.08. The Hall–Kier alpha value is -0.780. The zero-order valence-electron chi connectivity index (χ0n) is 6.51. The maximum absolute atomic E-state index is 3.78. The summed E-state index contributed by atoms with van der Waals surface area (Å²) in [6.07, 6.45) is 11.1. The van der Waals surface area contributed by atoms with Gasteiger partial charge >= 0.3 is 0 Å². The fourth-order valence-corrected chi connectivity index (χ4v) is 1.14. The molecule has 0 nitrogen and oxygen atoms in total. The minimum atomic E-state index is 0.591. The van der Waals surface area contributed by atoms with Crippen molar-refractivity contribution < 1.29 is 0 Å². The van der Waals surface area contributed by atoms with Crippen molar-refractivity contribution in [3.05, 3.63) is 36.5 Å². The second-order valence-electron chi connectivity index (χ2n) is 2.78. The van der Waals surface area contributed by atoms with E-state index < -0.39 is 0 Å². The van der Waals surface area contributed by atoms with Gasteiger partial charge in [-0.1, -0.05) is 29.9 Å². The largest absolute Gasteiger partial charge is 0.102 e. The van der Waals surface area contributed by atoms with Crippen LogP contribution in [0.25, 0.3) is 0 Å². The van der Waals surface area contributed by atoms with Crippen LogP contribution in [0.3, 0.4) is 0 Å². The van der Waals surface area contributed by atoms with Gasteiger partial charge in [0, 0.05) is 0 Å². The molecule has 0 radical (unpaired) electrons. The van der Waals surface area contributed by atoms with Crippen molar-refractivity contribution in [1.82, 2.24) is 0 Å². The Labute approximate surface area is 62.9 Å². The maximum Gasteiger partial charge on any atom is -0.00500 e. The summed E-state index contributed by atoms with van der Waals surface area (Å²) < 4.78 is 0. The molecular formula is C10H14. The van der Waals surface area contributed by atoms with Gasteiger partial charge in [0.05, 0.1) is 0 Å². The van der Waals surface area contributed by atoms with Gasteiger partial charge in [0.2, 0.25) is 0 Å². The lowest BCUT2D eigenvalue weighted by Gasteiger charge is -2.00. The van der Waals surface area contributed by atoms with Crippen LogP contribution in [-0.2, 0) is 0 Å². The van der Waals surface area contributed by atoms with Crippen LogP contribution in [0.5, 0.6) is 0 Å². The first-order chi connectivity index (χ1) is 4.83. The Balaban J connectivity index is 2.61. The van der Waals surface area contributed by atoms with Crippen molar-refractivity contribution in [3.8, 4) is 0 Å². The highest BCUT2D eigenvalue weighted by Gasteiger charge is 2.00. The topological polar surface area (TPSA) is 0 Å². The number of rotatable bonds is 1. The number of hydrogen-bond acceptors (Lipinski definition) is 0. The third-order valence-electron chi connectivity index (χ3n) is 1.88. The minimum absolute atomic E-state index is 0.591. The van der Waals surface area contributed by atoms with E-state index in [0.29, 0.717) is 5.92 Å². The summed E-state index contributed by atoms with van der Waals surface area (Å²) >= 11 is 0. The summed E-state index contributed by atoms with van der Waals surface area (Å²) in [5, 5.41) is 0. The van der Waals surface area contributed by atoms with Crippen LogP contribution in [0.2, 0.25) is 0 Å². The fraction of sp³-hybridized carbons (Fsp3) is 0.400. The first-order valence-electron chi connectivity index (χ1n) is 3.80. The van der Waals surface area contributed by atoms with Gasteiger partial charge < -0.3 is 0 Å². The Morgan fingerprint density at radius 1 is 1.70 bits per heavy atom. The lowest BCUT2D eigenvalue weighted by atomic mass is 10.1. The number of allylic oxidation sites excluding steroid dienone is 5. The molecule has 1 atom stereocenters. The van der Waals surface area contributed by atoms with E-state index in [0.717, 1.165) is 0 Å². The van der Waals surface area contributed by atoms with Crippen LogP contribution in [0, 0.1) is 5.92 Å². The molecule has 1 rings (SSSR count). The molecule has 0 aromatic carbocycles. The van der Waals surface area contributed by atoms with Crippen molar-refractivity contribution in [2.24, 2.45) is 5.92 Å². The molecule has 1 aliphatic carbocycles. The van der Waals surface area contributed by atoms with E-state index in [1.165, 1.54) is 18.4 Å². The van der Waals surface area contributed by atoms with Crippen LogP contribution in [0.1, 0.15) is 19.8 Å². The molecule has 0 fully saturated rings. The monoisotopic (exact) mass is 134 g/mol. The Morgan fingerprint density at radius 2 is 2.50 bits per heavy atom. The molecule has 1 unspecified atom stereocenters. The maximum atomic E-state index is 3.78. The Kier molecular flexibility index (Phi) is 2.49. The van der Waals surface area contributed by atoms with Gasteiger partial charge in [-0.3, -0.25) is 0 Å². The molecular weight excluding hydrogens is 120 g/mol. The summed E-state index contributed by atoms with van der Waals surface area (Å²) in [6, 6.07) is 0. The Morgan fingerprint density at radius 3 is 3.20 bits per heavy atom. The van der Waals surface area contributed by atoms with Crippen molar-refractivity contribution in [1.29, 1.82) is 0 Å². The summed E-state index contributed by atoms with van der Waals surface area (Å²) in [5.41, 5.74) is 1.38. The lowest BCUT2D eigenvalue weighted by Crippen LogP contribution is -1.87. The molecule has 54 valence electrons. The molecule has 0 aliphatic heterocycles. The lowest BCUT2D eigenvalue weighted by molar-refractivity contribution is 0.728. The molecule has 0 heteroatoms. The van der Waals surface area contributed by atoms with Crippen molar-refractivity contribution in [2.75, 3.05) is 0 Å². The van der Waals surface area contributed by atoms with Crippen molar-refractivity contribution in [3.63, 3.8) is 0 Å². The normalized spacial score (nSPS) is 25.3. The molecule has 0 aromatic rings. The summed E-state index contributed by atoms with van der Waals surface area (Å²) in [6.45, 7) is 5.92. The smallest absolute Gasteiger partial charge is 0.00500 e. The van der Waals surface area contributed by atoms with Gasteiger partial charge in [-0.25, -0.2) is 0 Å². The zero-order valence-corrected chi connectivity index (χ0v) is 6.51. The molecule has 0 aromatic heterocycles. The van der Waals surface area contributed by atoms with Crippen molar-refractivity contribution in [2.45, 2.75) is 19.8 Å². The molecule has 10 heavy (non-hydrogen) atoms. The van der Waals surface area contributed by atoms with Gasteiger partial charge in [-0.2, -0.15) is 0 Å². The van der Waals surface area contributed by atoms with Crippen LogP contribution < -0.4 is 0 Å². The second kappa shape index (κ2) is 3.40. The summed E-state index contributed by atoms with van der Waals surface area (Å²) in [5.74, 6) is 0.591. The van der Waals surface area contributed by atoms with Crippen LogP contribution >= 0.6 is 0 Å². The van der Waals surface area contributed by atoms with Gasteiger partial charge in [0.1, 0.15) is 0 Å². The highest BCUT2D eigenvalue weighted by atomic mass is 14.1. The average Bonchev–Trinajstić information content (AvgIpc) is 2.14. The molecule has 0 heterocycles. The third kappa shape index (κ3) is 1.87. The first-order valence-corrected chi connectivity index (χ1v) is 3.80. The van der Waals surface area contributed by atoms with E-state index >= 15 is 0 Å². The van der Waals surface area contributed by atoms with E-state index in [9.17, 15) is 0 Å². The SMILES string of the molecule is C=CC1C=CC(C)=CCC1. The van der Waals surface area contributed by atoms with E-state index in [1.54, 1.807) is 0 Å². The predicted molar refractivity (Wildman–Crippen MR) is 45.8 cm³/mol. The average molecular weight is 134 g/mol. The van der Waals surface area contributed by atoms with E-state index in [2.05, 4.69) is 31.7 Å². The van der Waals surface area contributed by atoms with E-state index in [-0.39, 0.29) is 0 Å². The fourth-order valence-electron chi connectivity index (χ4n) is 1.14. The minimum Gasteiger partial charge on any atom is -0.102 e. The highest BCUT2D eigenvalue weighted by molar-refractivity contribution is 5.20. The van der Waals surface area contributed by atoms with E-state index in [1.807, 2.05) is 6.08 Å². The quantitative estimate of drug-likeness (QED) is 0.483. The molecule has 1 aliphatic rings. The number of hydrogen-bond donors (Lipinski definition) is 0. The van der Waals surface area contributed by atoms with Crippen molar-refractivity contribution >= 4 is 0 Å². The molecule has 0 saturated carbocycles. The first kappa shape index (κ1) is 7.33. The van der Waals surface area contributed by atoms with Gasteiger partial charge in [0.25, 0.3) is 0 Å². The molecule has 0 saturated heterocycles. The standard InChI is InChI=1S/C10H14/c1-3-10-6-4-5-9(2)7-8-10/h3,5,7-8,10H,1,4,6H2,2H3. The van der Waals surface area contributed by atoms with E-state index in [4.69, 9.17) is 0 Å². The second-order valence-corrected chi connectivity index (χ2v) is 2.78.